The highest BCUT2D eigenvalue weighted by Crippen LogP contribution is 2.22. The number of hydrogen-bond donors (Lipinski definition) is 2. The molecule has 118 valence electrons. The first-order valence-corrected chi connectivity index (χ1v) is 9.36. The van der Waals surface area contributed by atoms with Crippen LogP contribution in [0.25, 0.3) is 0 Å². The zero-order valence-electron chi connectivity index (χ0n) is 12.1. The Kier molecular flexibility index (Phi) is 4.28. The molecular formula is C14H16N2O4S2. The van der Waals surface area contributed by atoms with Gasteiger partial charge in [-0.2, -0.15) is 0 Å². The first-order chi connectivity index (χ1) is 10.1. The molecule has 6 nitrogen and oxygen atoms in total. The maximum Gasteiger partial charge on any atom is 0.261 e. The van der Waals surface area contributed by atoms with E-state index in [0.717, 1.165) is 23.3 Å². The second kappa shape index (κ2) is 5.71. The number of sulfonamides is 2. The van der Waals surface area contributed by atoms with Crippen molar-refractivity contribution in [1.82, 2.24) is 0 Å². The van der Waals surface area contributed by atoms with Crippen LogP contribution in [0.2, 0.25) is 0 Å². The summed E-state index contributed by atoms with van der Waals surface area (Å²) in [4.78, 5) is -0.181. The molecule has 0 aliphatic rings. The van der Waals surface area contributed by atoms with Gasteiger partial charge in [-0.05, 0) is 55.3 Å². The minimum Gasteiger partial charge on any atom is -0.279 e. The van der Waals surface area contributed by atoms with Crippen molar-refractivity contribution < 1.29 is 16.8 Å². The minimum absolute atomic E-state index is 0.0409. The molecule has 0 aromatic heterocycles. The monoisotopic (exact) mass is 340 g/mol. The van der Waals surface area contributed by atoms with Gasteiger partial charge in [-0.25, -0.2) is 22.0 Å². The van der Waals surface area contributed by atoms with Gasteiger partial charge in [0.05, 0.1) is 15.5 Å². The van der Waals surface area contributed by atoms with E-state index in [2.05, 4.69) is 4.72 Å². The summed E-state index contributed by atoms with van der Waals surface area (Å²) in [6.07, 6.45) is 0. The summed E-state index contributed by atoms with van der Waals surface area (Å²) in [5.74, 6) is 0. The van der Waals surface area contributed by atoms with Crippen LogP contribution in [-0.4, -0.2) is 16.8 Å². The molecule has 0 fully saturated rings. The molecule has 0 aliphatic heterocycles. The van der Waals surface area contributed by atoms with E-state index < -0.39 is 20.0 Å². The summed E-state index contributed by atoms with van der Waals surface area (Å²) >= 11 is 0. The van der Waals surface area contributed by atoms with Crippen molar-refractivity contribution in [2.75, 3.05) is 4.72 Å². The highest BCUT2D eigenvalue weighted by atomic mass is 32.2. The third-order valence-corrected chi connectivity index (χ3v) is 5.62. The van der Waals surface area contributed by atoms with E-state index in [4.69, 9.17) is 5.14 Å². The Morgan fingerprint density at radius 3 is 1.95 bits per heavy atom. The first-order valence-electron chi connectivity index (χ1n) is 6.33. The topological polar surface area (TPSA) is 106 Å². The third kappa shape index (κ3) is 3.46. The van der Waals surface area contributed by atoms with Crippen LogP contribution in [0.4, 0.5) is 5.69 Å². The highest BCUT2D eigenvalue weighted by molar-refractivity contribution is 7.92. The van der Waals surface area contributed by atoms with Crippen molar-refractivity contribution in [2.24, 2.45) is 5.14 Å². The Morgan fingerprint density at radius 1 is 0.864 bits per heavy atom. The number of rotatable bonds is 4. The zero-order chi connectivity index (χ0) is 16.5. The number of nitrogens with two attached hydrogens (primary N) is 1. The largest absolute Gasteiger partial charge is 0.279 e. The lowest BCUT2D eigenvalue weighted by Gasteiger charge is -2.12. The standard InChI is InChI=1S/C14H16N2O4S2/c1-10-4-3-5-14(11(10)2)16-22(19,20)13-8-6-12(7-9-13)21(15,17)18/h3-9,16H,1-2H3,(H2,15,17,18). The van der Waals surface area contributed by atoms with Crippen LogP contribution in [0.15, 0.2) is 52.3 Å². The van der Waals surface area contributed by atoms with Crippen molar-refractivity contribution in [3.63, 3.8) is 0 Å². The average molecular weight is 340 g/mol. The van der Waals surface area contributed by atoms with Crippen molar-refractivity contribution in [1.29, 1.82) is 0 Å². The average Bonchev–Trinajstić information content (AvgIpc) is 2.43. The fraction of sp³-hybridized carbons (Fsp3) is 0.143. The van der Waals surface area contributed by atoms with Crippen LogP contribution < -0.4 is 9.86 Å². The third-order valence-electron chi connectivity index (χ3n) is 3.31. The summed E-state index contributed by atoms with van der Waals surface area (Å²) in [5, 5.41) is 4.98. The molecule has 0 bridgehead atoms. The van der Waals surface area contributed by atoms with Gasteiger partial charge in [0.2, 0.25) is 10.0 Å². The van der Waals surface area contributed by atoms with Crippen LogP contribution in [0.1, 0.15) is 11.1 Å². The molecule has 8 heteroatoms. The predicted octanol–water partition coefficient (Wildman–Crippen LogP) is 1.75. The molecule has 0 saturated heterocycles. The molecule has 0 aliphatic carbocycles. The van der Waals surface area contributed by atoms with Gasteiger partial charge in [-0.3, -0.25) is 4.72 Å². The number of primary sulfonamides is 1. The van der Waals surface area contributed by atoms with Gasteiger partial charge in [0, 0.05) is 0 Å². The normalized spacial score (nSPS) is 12.1. The Hall–Kier alpha value is -1.90. The number of hydrogen-bond acceptors (Lipinski definition) is 4. The maximum absolute atomic E-state index is 12.3. The van der Waals surface area contributed by atoms with Gasteiger partial charge < -0.3 is 0 Å². The van der Waals surface area contributed by atoms with E-state index in [-0.39, 0.29) is 9.79 Å². The van der Waals surface area contributed by atoms with Gasteiger partial charge in [0.25, 0.3) is 10.0 Å². The molecule has 22 heavy (non-hydrogen) atoms. The maximum atomic E-state index is 12.3. The fourth-order valence-electron chi connectivity index (χ4n) is 1.87. The Bertz CT molecular complexity index is 902. The molecule has 0 atom stereocenters. The second-order valence-corrected chi connectivity index (χ2v) is 8.11. The molecule has 0 heterocycles. The highest BCUT2D eigenvalue weighted by Gasteiger charge is 2.17. The number of nitrogens with one attached hydrogen (secondary N) is 1. The lowest BCUT2D eigenvalue weighted by molar-refractivity contribution is 0.595. The Morgan fingerprint density at radius 2 is 1.41 bits per heavy atom. The zero-order valence-corrected chi connectivity index (χ0v) is 13.7. The van der Waals surface area contributed by atoms with Crippen molar-refractivity contribution in [3.05, 3.63) is 53.6 Å². The molecule has 2 aromatic carbocycles. The predicted molar refractivity (Wildman–Crippen MR) is 84.5 cm³/mol. The molecule has 2 rings (SSSR count). The van der Waals surface area contributed by atoms with Gasteiger partial charge in [0.15, 0.2) is 0 Å². The van der Waals surface area contributed by atoms with E-state index in [1.807, 2.05) is 19.9 Å². The van der Waals surface area contributed by atoms with Crippen LogP contribution in [0.5, 0.6) is 0 Å². The van der Waals surface area contributed by atoms with Crippen LogP contribution in [-0.2, 0) is 20.0 Å². The smallest absolute Gasteiger partial charge is 0.261 e. The van der Waals surface area contributed by atoms with Crippen LogP contribution in [0.3, 0.4) is 0 Å². The summed E-state index contributed by atoms with van der Waals surface area (Å²) in [7, 11) is -7.65. The van der Waals surface area contributed by atoms with Crippen LogP contribution in [0, 0.1) is 13.8 Å². The van der Waals surface area contributed by atoms with Crippen molar-refractivity contribution in [3.8, 4) is 0 Å². The molecule has 0 spiro atoms. The van der Waals surface area contributed by atoms with E-state index >= 15 is 0 Å². The summed E-state index contributed by atoms with van der Waals surface area (Å²) < 4.78 is 49.5. The summed E-state index contributed by atoms with van der Waals surface area (Å²) in [6, 6.07) is 10.0. The number of benzene rings is 2. The molecule has 3 N–H and O–H groups in total. The van der Waals surface area contributed by atoms with Gasteiger partial charge in [-0.15, -0.1) is 0 Å². The number of aryl methyl sites for hydroxylation is 1. The summed E-state index contributed by atoms with van der Waals surface area (Å²) in [6.45, 7) is 3.70. The van der Waals surface area contributed by atoms with Crippen LogP contribution >= 0.6 is 0 Å². The van der Waals surface area contributed by atoms with E-state index in [1.54, 1.807) is 12.1 Å². The van der Waals surface area contributed by atoms with Crippen molar-refractivity contribution >= 4 is 25.7 Å². The van der Waals surface area contributed by atoms with E-state index in [1.165, 1.54) is 12.1 Å². The summed E-state index contributed by atoms with van der Waals surface area (Å²) in [5.41, 5.74) is 2.27. The molecule has 0 radical (unpaired) electrons. The SMILES string of the molecule is Cc1cccc(NS(=O)(=O)c2ccc(S(N)(=O)=O)cc2)c1C. The molecular weight excluding hydrogens is 324 g/mol. The van der Waals surface area contributed by atoms with Gasteiger partial charge in [0.1, 0.15) is 0 Å². The second-order valence-electron chi connectivity index (χ2n) is 4.87. The molecule has 0 amide bonds. The molecule has 0 unspecified atom stereocenters. The molecule has 2 aromatic rings. The minimum atomic E-state index is -3.85. The van der Waals surface area contributed by atoms with E-state index in [9.17, 15) is 16.8 Å². The Balaban J connectivity index is 2.37. The van der Waals surface area contributed by atoms with Gasteiger partial charge >= 0.3 is 0 Å². The van der Waals surface area contributed by atoms with Gasteiger partial charge in [-0.1, -0.05) is 12.1 Å². The Labute approximate surface area is 130 Å². The fourth-order valence-corrected chi connectivity index (χ4v) is 3.51. The van der Waals surface area contributed by atoms with Crippen molar-refractivity contribution in [2.45, 2.75) is 23.6 Å². The first kappa shape index (κ1) is 16.5. The lowest BCUT2D eigenvalue weighted by atomic mass is 10.1. The molecule has 0 saturated carbocycles. The lowest BCUT2D eigenvalue weighted by Crippen LogP contribution is -2.15. The van der Waals surface area contributed by atoms with E-state index in [0.29, 0.717) is 5.69 Å². The number of anilines is 1. The quantitative estimate of drug-likeness (QED) is 0.884.